The third-order valence-corrected chi connectivity index (χ3v) is 4.00. The average Bonchev–Trinajstić information content (AvgIpc) is 2.43. The van der Waals surface area contributed by atoms with Crippen molar-refractivity contribution in [2.24, 2.45) is 0 Å². The first-order chi connectivity index (χ1) is 9.49. The minimum absolute atomic E-state index is 0.00322. The molecular weight excluding hydrogens is 321 g/mol. The maximum Gasteiger partial charge on any atom is 0.134 e. The highest BCUT2D eigenvalue weighted by Gasteiger charge is 2.09. The van der Waals surface area contributed by atoms with Crippen molar-refractivity contribution in [2.45, 2.75) is 26.4 Å². The Hall–Kier alpha value is -1.39. The number of phenolic OH excluding ortho intramolecular Hbond substituents is 1. The van der Waals surface area contributed by atoms with Gasteiger partial charge in [-0.05, 0) is 53.0 Å². The number of rotatable bonds is 4. The van der Waals surface area contributed by atoms with Gasteiger partial charge in [0.1, 0.15) is 11.6 Å². The SMILES string of the molecule is Cc1ccc(C(C)NCc2cccc(Br)c2O)cc1F. The zero-order valence-corrected chi connectivity index (χ0v) is 13.0. The number of nitrogens with one attached hydrogen (secondary N) is 1. The molecule has 0 fully saturated rings. The summed E-state index contributed by atoms with van der Waals surface area (Å²) in [6.07, 6.45) is 0. The van der Waals surface area contributed by atoms with E-state index in [1.807, 2.05) is 25.1 Å². The van der Waals surface area contributed by atoms with E-state index < -0.39 is 0 Å². The average molecular weight is 338 g/mol. The van der Waals surface area contributed by atoms with E-state index in [0.29, 0.717) is 16.6 Å². The third-order valence-electron chi connectivity index (χ3n) is 3.36. The van der Waals surface area contributed by atoms with Crippen LogP contribution in [0.25, 0.3) is 0 Å². The fourth-order valence-corrected chi connectivity index (χ4v) is 2.37. The van der Waals surface area contributed by atoms with Crippen LogP contribution in [0.2, 0.25) is 0 Å². The summed E-state index contributed by atoms with van der Waals surface area (Å²) in [6.45, 7) is 4.23. The van der Waals surface area contributed by atoms with Crippen LogP contribution in [0, 0.1) is 12.7 Å². The summed E-state index contributed by atoms with van der Waals surface area (Å²) in [6, 6.07) is 10.8. The standard InChI is InChI=1S/C16H17BrFNO/c1-10-6-7-12(8-15(10)18)11(2)19-9-13-4-3-5-14(17)16(13)20/h3-8,11,19-20H,9H2,1-2H3. The molecule has 0 amide bonds. The highest BCUT2D eigenvalue weighted by Crippen LogP contribution is 2.27. The Morgan fingerprint density at radius 1 is 1.30 bits per heavy atom. The number of phenols is 1. The number of halogens is 2. The number of benzene rings is 2. The van der Waals surface area contributed by atoms with Crippen LogP contribution in [-0.4, -0.2) is 5.11 Å². The lowest BCUT2D eigenvalue weighted by Gasteiger charge is -2.16. The molecule has 2 aromatic carbocycles. The van der Waals surface area contributed by atoms with Crippen molar-refractivity contribution in [3.05, 3.63) is 63.4 Å². The molecule has 0 heterocycles. The van der Waals surface area contributed by atoms with E-state index in [1.54, 1.807) is 25.1 Å². The van der Waals surface area contributed by atoms with Crippen LogP contribution >= 0.6 is 15.9 Å². The second-order valence-electron chi connectivity index (χ2n) is 4.86. The maximum absolute atomic E-state index is 13.5. The maximum atomic E-state index is 13.5. The van der Waals surface area contributed by atoms with E-state index in [4.69, 9.17) is 0 Å². The first-order valence-electron chi connectivity index (χ1n) is 6.45. The smallest absolute Gasteiger partial charge is 0.134 e. The van der Waals surface area contributed by atoms with Gasteiger partial charge in [0.25, 0.3) is 0 Å². The van der Waals surface area contributed by atoms with Gasteiger partial charge in [-0.25, -0.2) is 4.39 Å². The molecule has 0 aliphatic carbocycles. The van der Waals surface area contributed by atoms with Gasteiger partial charge < -0.3 is 10.4 Å². The number of hydrogen-bond donors (Lipinski definition) is 2. The molecule has 2 nitrogen and oxygen atoms in total. The quantitative estimate of drug-likeness (QED) is 0.863. The number of aromatic hydroxyl groups is 1. The molecular formula is C16H17BrFNO. The minimum atomic E-state index is -0.193. The monoisotopic (exact) mass is 337 g/mol. The molecule has 2 aromatic rings. The van der Waals surface area contributed by atoms with Gasteiger partial charge in [0, 0.05) is 18.2 Å². The van der Waals surface area contributed by atoms with Gasteiger partial charge in [0.05, 0.1) is 4.47 Å². The van der Waals surface area contributed by atoms with Crippen molar-refractivity contribution in [3.8, 4) is 5.75 Å². The van der Waals surface area contributed by atoms with Crippen LogP contribution in [0.1, 0.15) is 29.7 Å². The lowest BCUT2D eigenvalue weighted by Crippen LogP contribution is -2.18. The highest BCUT2D eigenvalue weighted by atomic mass is 79.9. The van der Waals surface area contributed by atoms with E-state index in [2.05, 4.69) is 21.2 Å². The van der Waals surface area contributed by atoms with E-state index in [-0.39, 0.29) is 17.6 Å². The zero-order valence-electron chi connectivity index (χ0n) is 11.5. The predicted molar refractivity (Wildman–Crippen MR) is 82.2 cm³/mol. The Kier molecular flexibility index (Phi) is 4.78. The summed E-state index contributed by atoms with van der Waals surface area (Å²) in [5.41, 5.74) is 2.34. The number of para-hydroxylation sites is 1. The lowest BCUT2D eigenvalue weighted by molar-refractivity contribution is 0.457. The molecule has 0 aliphatic rings. The fraction of sp³-hybridized carbons (Fsp3) is 0.250. The highest BCUT2D eigenvalue weighted by molar-refractivity contribution is 9.10. The molecule has 2 rings (SSSR count). The van der Waals surface area contributed by atoms with Crippen LogP contribution in [0.3, 0.4) is 0 Å². The first-order valence-corrected chi connectivity index (χ1v) is 7.24. The lowest BCUT2D eigenvalue weighted by atomic mass is 10.1. The van der Waals surface area contributed by atoms with Gasteiger partial charge in [-0.1, -0.05) is 24.3 Å². The molecule has 0 spiro atoms. The van der Waals surface area contributed by atoms with Crippen molar-refractivity contribution in [1.29, 1.82) is 0 Å². The van der Waals surface area contributed by atoms with Gasteiger partial charge in [0.2, 0.25) is 0 Å². The molecule has 20 heavy (non-hydrogen) atoms. The van der Waals surface area contributed by atoms with Crippen molar-refractivity contribution in [3.63, 3.8) is 0 Å². The molecule has 1 unspecified atom stereocenters. The largest absolute Gasteiger partial charge is 0.506 e. The van der Waals surface area contributed by atoms with Crippen LogP contribution in [-0.2, 0) is 6.54 Å². The van der Waals surface area contributed by atoms with E-state index in [1.165, 1.54) is 0 Å². The molecule has 106 valence electrons. The van der Waals surface area contributed by atoms with Crippen molar-refractivity contribution < 1.29 is 9.50 Å². The number of aryl methyl sites for hydroxylation is 1. The van der Waals surface area contributed by atoms with Gasteiger partial charge >= 0.3 is 0 Å². The summed E-state index contributed by atoms with van der Waals surface area (Å²) >= 11 is 3.29. The van der Waals surface area contributed by atoms with Crippen LogP contribution in [0.4, 0.5) is 4.39 Å². The normalized spacial score (nSPS) is 12.4. The summed E-state index contributed by atoms with van der Waals surface area (Å²) in [5.74, 6) is 0.0451. The van der Waals surface area contributed by atoms with Gasteiger partial charge in [0.15, 0.2) is 0 Å². The molecule has 2 N–H and O–H groups in total. The minimum Gasteiger partial charge on any atom is -0.506 e. The molecule has 0 bridgehead atoms. The molecule has 0 radical (unpaired) electrons. The Balaban J connectivity index is 2.06. The van der Waals surface area contributed by atoms with Gasteiger partial charge in [-0.2, -0.15) is 0 Å². The fourth-order valence-electron chi connectivity index (χ4n) is 1.96. The van der Waals surface area contributed by atoms with Crippen molar-refractivity contribution >= 4 is 15.9 Å². The van der Waals surface area contributed by atoms with Gasteiger partial charge in [-0.15, -0.1) is 0 Å². The Labute approximate surface area is 126 Å². The summed E-state index contributed by atoms with van der Waals surface area (Å²) in [7, 11) is 0. The second-order valence-corrected chi connectivity index (χ2v) is 5.71. The third kappa shape index (κ3) is 3.38. The van der Waals surface area contributed by atoms with Crippen LogP contribution in [0.15, 0.2) is 40.9 Å². The van der Waals surface area contributed by atoms with Gasteiger partial charge in [-0.3, -0.25) is 0 Å². The van der Waals surface area contributed by atoms with E-state index in [0.717, 1.165) is 11.1 Å². The summed E-state index contributed by atoms with van der Waals surface area (Å²) < 4.78 is 14.2. The van der Waals surface area contributed by atoms with E-state index >= 15 is 0 Å². The summed E-state index contributed by atoms with van der Waals surface area (Å²) in [4.78, 5) is 0. The topological polar surface area (TPSA) is 32.3 Å². The Bertz CT molecular complexity index is 615. The Morgan fingerprint density at radius 2 is 2.05 bits per heavy atom. The van der Waals surface area contributed by atoms with Crippen molar-refractivity contribution in [1.82, 2.24) is 5.32 Å². The Morgan fingerprint density at radius 3 is 2.75 bits per heavy atom. The van der Waals surface area contributed by atoms with Crippen LogP contribution < -0.4 is 5.32 Å². The molecule has 0 aliphatic heterocycles. The summed E-state index contributed by atoms with van der Waals surface area (Å²) in [5, 5.41) is 13.2. The molecule has 0 saturated carbocycles. The van der Waals surface area contributed by atoms with E-state index in [9.17, 15) is 9.50 Å². The molecule has 1 atom stereocenters. The molecule has 0 saturated heterocycles. The molecule has 0 aromatic heterocycles. The van der Waals surface area contributed by atoms with Crippen molar-refractivity contribution in [2.75, 3.05) is 0 Å². The molecule has 4 heteroatoms. The second kappa shape index (κ2) is 6.37. The first kappa shape index (κ1) is 15.0. The zero-order chi connectivity index (χ0) is 14.7. The van der Waals surface area contributed by atoms with Crippen LogP contribution in [0.5, 0.6) is 5.75 Å². The predicted octanol–water partition coefficient (Wildman–Crippen LogP) is 4.45. The number of hydrogen-bond acceptors (Lipinski definition) is 2.